The van der Waals surface area contributed by atoms with E-state index in [-0.39, 0.29) is 11.9 Å². The number of ether oxygens (including phenoxy) is 1. The largest absolute Gasteiger partial charge is 0.379 e. The van der Waals surface area contributed by atoms with Gasteiger partial charge in [0, 0.05) is 31.2 Å². The topological polar surface area (TPSA) is 92.0 Å². The van der Waals surface area contributed by atoms with Gasteiger partial charge in [-0.3, -0.25) is 9.69 Å². The lowest BCUT2D eigenvalue weighted by molar-refractivity contribution is 0.0376. The number of hydrogen-bond donors (Lipinski definition) is 3. The van der Waals surface area contributed by atoms with Crippen molar-refractivity contribution in [2.45, 2.75) is 39.3 Å². The first-order valence-electron chi connectivity index (χ1n) is 9.82. The first-order chi connectivity index (χ1) is 13.1. The number of carbonyl (C=O) groups is 1. The van der Waals surface area contributed by atoms with E-state index >= 15 is 0 Å². The van der Waals surface area contributed by atoms with Crippen LogP contribution in [-0.4, -0.2) is 62.2 Å². The van der Waals surface area contributed by atoms with Crippen LogP contribution in [0.4, 0.5) is 0 Å². The molecule has 0 spiro atoms. The highest BCUT2D eigenvalue weighted by atomic mass is 16.5. The van der Waals surface area contributed by atoms with Crippen molar-refractivity contribution in [2.75, 3.05) is 39.4 Å². The maximum absolute atomic E-state index is 12.1. The second kappa shape index (κ2) is 11.6. The van der Waals surface area contributed by atoms with E-state index in [2.05, 4.69) is 20.5 Å². The van der Waals surface area contributed by atoms with Crippen LogP contribution in [0, 0.1) is 0 Å². The van der Waals surface area contributed by atoms with Crippen LogP contribution >= 0.6 is 0 Å². The first-order valence-corrected chi connectivity index (χ1v) is 9.82. The molecule has 1 aliphatic rings. The lowest BCUT2D eigenvalue weighted by atomic mass is 10.1. The van der Waals surface area contributed by atoms with Gasteiger partial charge in [0.2, 0.25) is 0 Å². The average Bonchev–Trinajstić information content (AvgIpc) is 2.70. The number of nitrogens with one attached hydrogen (secondary N) is 2. The van der Waals surface area contributed by atoms with Crippen molar-refractivity contribution in [1.29, 1.82) is 0 Å². The number of benzene rings is 1. The summed E-state index contributed by atoms with van der Waals surface area (Å²) < 4.78 is 5.34. The average molecular weight is 376 g/mol. The quantitative estimate of drug-likeness (QED) is 0.344. The van der Waals surface area contributed by atoms with Gasteiger partial charge in [0.25, 0.3) is 5.91 Å². The Hall–Kier alpha value is -2.12. The Morgan fingerprint density at radius 3 is 2.67 bits per heavy atom. The number of rotatable bonds is 9. The fourth-order valence-electron chi connectivity index (χ4n) is 2.75. The van der Waals surface area contributed by atoms with Crippen LogP contribution in [0.25, 0.3) is 0 Å². The minimum Gasteiger partial charge on any atom is -0.379 e. The van der Waals surface area contributed by atoms with Crippen molar-refractivity contribution in [3.05, 3.63) is 35.4 Å². The second-order valence-electron chi connectivity index (χ2n) is 6.92. The molecule has 7 heteroatoms. The number of carbonyl (C=O) groups excluding carboxylic acids is 1. The fourth-order valence-corrected chi connectivity index (χ4v) is 2.75. The predicted molar refractivity (Wildman–Crippen MR) is 109 cm³/mol. The van der Waals surface area contributed by atoms with Crippen molar-refractivity contribution in [3.63, 3.8) is 0 Å². The number of morpholine rings is 1. The standard InChI is InChI=1S/C20H33N5O2/c1-3-16(2)24-19(26)18-7-5-17(6-8-18)15-23-20(21)22-9-4-10-25-11-13-27-14-12-25/h5-8,16H,3-4,9-15H2,1-2H3,(H,24,26)(H3,21,22,23). The van der Waals surface area contributed by atoms with Gasteiger partial charge in [0.15, 0.2) is 5.96 Å². The molecule has 1 saturated heterocycles. The summed E-state index contributed by atoms with van der Waals surface area (Å²) in [4.78, 5) is 18.8. The number of guanidine groups is 1. The summed E-state index contributed by atoms with van der Waals surface area (Å²) in [6.07, 6.45) is 1.94. The molecule has 2 rings (SSSR count). The summed E-state index contributed by atoms with van der Waals surface area (Å²) in [5.41, 5.74) is 7.62. The van der Waals surface area contributed by atoms with Crippen LogP contribution in [0.15, 0.2) is 29.3 Å². The van der Waals surface area contributed by atoms with E-state index in [0.717, 1.165) is 57.8 Å². The molecule has 0 aliphatic carbocycles. The van der Waals surface area contributed by atoms with Gasteiger partial charge < -0.3 is 21.1 Å². The summed E-state index contributed by atoms with van der Waals surface area (Å²) >= 11 is 0. The van der Waals surface area contributed by atoms with Crippen LogP contribution in [-0.2, 0) is 11.3 Å². The summed E-state index contributed by atoms with van der Waals surface area (Å²) in [5, 5.41) is 6.12. The molecule has 1 fully saturated rings. The minimum absolute atomic E-state index is 0.0409. The van der Waals surface area contributed by atoms with E-state index in [1.54, 1.807) is 0 Å². The van der Waals surface area contributed by atoms with Crippen molar-refractivity contribution >= 4 is 11.9 Å². The van der Waals surface area contributed by atoms with Gasteiger partial charge in [-0.25, -0.2) is 4.99 Å². The molecular weight excluding hydrogens is 342 g/mol. The molecular formula is C20H33N5O2. The zero-order chi connectivity index (χ0) is 19.5. The van der Waals surface area contributed by atoms with Gasteiger partial charge in [-0.2, -0.15) is 0 Å². The van der Waals surface area contributed by atoms with Crippen LogP contribution < -0.4 is 16.4 Å². The third-order valence-electron chi connectivity index (χ3n) is 4.70. The Balaban J connectivity index is 1.68. The molecule has 150 valence electrons. The molecule has 1 heterocycles. The smallest absolute Gasteiger partial charge is 0.251 e. The molecule has 1 atom stereocenters. The highest BCUT2D eigenvalue weighted by molar-refractivity contribution is 5.94. The normalized spacial score (nSPS) is 16.7. The highest BCUT2D eigenvalue weighted by Crippen LogP contribution is 2.06. The number of nitrogens with two attached hydrogens (primary N) is 1. The maximum Gasteiger partial charge on any atom is 0.251 e. The fraction of sp³-hybridized carbons (Fsp3) is 0.600. The number of aliphatic imine (C=N–C) groups is 1. The number of amides is 1. The van der Waals surface area contributed by atoms with E-state index < -0.39 is 0 Å². The van der Waals surface area contributed by atoms with E-state index in [4.69, 9.17) is 10.5 Å². The van der Waals surface area contributed by atoms with Gasteiger partial charge in [0.05, 0.1) is 19.8 Å². The van der Waals surface area contributed by atoms with Crippen LogP contribution in [0.3, 0.4) is 0 Å². The first kappa shape index (κ1) is 21.2. The third-order valence-corrected chi connectivity index (χ3v) is 4.70. The van der Waals surface area contributed by atoms with Crippen molar-refractivity contribution < 1.29 is 9.53 Å². The molecule has 0 bridgehead atoms. The third kappa shape index (κ3) is 7.97. The highest BCUT2D eigenvalue weighted by Gasteiger charge is 2.09. The number of hydrogen-bond acceptors (Lipinski definition) is 4. The summed E-state index contributed by atoms with van der Waals surface area (Å²) in [6.45, 7) is 10.1. The van der Waals surface area contributed by atoms with Crippen LogP contribution in [0.1, 0.15) is 42.6 Å². The molecule has 0 saturated carbocycles. The predicted octanol–water partition coefficient (Wildman–Crippen LogP) is 1.34. The number of nitrogens with zero attached hydrogens (tertiary/aromatic N) is 2. The second-order valence-corrected chi connectivity index (χ2v) is 6.92. The van der Waals surface area contributed by atoms with Gasteiger partial charge in [-0.05, 0) is 44.0 Å². The molecule has 0 aromatic heterocycles. The van der Waals surface area contributed by atoms with Gasteiger partial charge >= 0.3 is 0 Å². The van der Waals surface area contributed by atoms with E-state index in [0.29, 0.717) is 18.1 Å². The lowest BCUT2D eigenvalue weighted by Gasteiger charge is -2.26. The summed E-state index contributed by atoms with van der Waals surface area (Å²) in [7, 11) is 0. The molecule has 1 unspecified atom stereocenters. The van der Waals surface area contributed by atoms with Gasteiger partial charge in [-0.1, -0.05) is 19.1 Å². The molecule has 1 aromatic carbocycles. The van der Waals surface area contributed by atoms with Gasteiger partial charge in [0.1, 0.15) is 0 Å². The van der Waals surface area contributed by atoms with E-state index in [9.17, 15) is 4.79 Å². The molecule has 7 nitrogen and oxygen atoms in total. The maximum atomic E-state index is 12.1. The van der Waals surface area contributed by atoms with E-state index in [1.165, 1.54) is 0 Å². The molecule has 1 aromatic rings. The van der Waals surface area contributed by atoms with Crippen molar-refractivity contribution in [1.82, 2.24) is 15.5 Å². The zero-order valence-electron chi connectivity index (χ0n) is 16.5. The molecule has 1 aliphatic heterocycles. The van der Waals surface area contributed by atoms with Crippen LogP contribution in [0.2, 0.25) is 0 Å². The summed E-state index contributed by atoms with van der Waals surface area (Å²) in [6, 6.07) is 7.67. The van der Waals surface area contributed by atoms with E-state index in [1.807, 2.05) is 38.1 Å². The SMILES string of the molecule is CCC(C)NC(=O)c1ccc(CN=C(N)NCCCN2CCOCC2)cc1. The monoisotopic (exact) mass is 375 g/mol. The Kier molecular flexibility index (Phi) is 9.07. The van der Waals surface area contributed by atoms with Crippen molar-refractivity contribution in [3.8, 4) is 0 Å². The van der Waals surface area contributed by atoms with Crippen molar-refractivity contribution in [2.24, 2.45) is 10.7 Å². The Labute approximate surface area is 162 Å². The molecule has 27 heavy (non-hydrogen) atoms. The Morgan fingerprint density at radius 1 is 1.30 bits per heavy atom. The molecule has 0 radical (unpaired) electrons. The Bertz CT molecular complexity index is 597. The van der Waals surface area contributed by atoms with Crippen LogP contribution in [0.5, 0.6) is 0 Å². The molecule has 4 N–H and O–H groups in total. The van der Waals surface area contributed by atoms with Gasteiger partial charge in [-0.15, -0.1) is 0 Å². The minimum atomic E-state index is -0.0409. The molecule has 1 amide bonds. The zero-order valence-corrected chi connectivity index (χ0v) is 16.5. The lowest BCUT2D eigenvalue weighted by Crippen LogP contribution is -2.39. The Morgan fingerprint density at radius 2 is 2.00 bits per heavy atom. The summed E-state index contributed by atoms with van der Waals surface area (Å²) in [5.74, 6) is 0.413.